The van der Waals surface area contributed by atoms with Gasteiger partial charge in [0.1, 0.15) is 0 Å². The number of aromatic nitrogens is 1. The molecule has 3 rings (SSSR count). The second kappa shape index (κ2) is 7.47. The number of sulfonamides is 1. The second-order valence-electron chi connectivity index (χ2n) is 5.61. The Labute approximate surface area is 151 Å². The van der Waals surface area contributed by atoms with Gasteiger partial charge in [-0.3, -0.25) is 10.1 Å². The number of amides is 1. The van der Waals surface area contributed by atoms with Crippen molar-refractivity contribution in [2.24, 2.45) is 0 Å². The van der Waals surface area contributed by atoms with Gasteiger partial charge in [0.05, 0.1) is 11.4 Å². The van der Waals surface area contributed by atoms with E-state index in [0.29, 0.717) is 24.6 Å². The zero-order chi connectivity index (χ0) is 17.9. The molecule has 0 aliphatic carbocycles. The minimum atomic E-state index is -3.20. The highest BCUT2D eigenvalue weighted by atomic mass is 32.2. The minimum Gasteiger partial charge on any atom is -0.298 e. The van der Waals surface area contributed by atoms with Crippen LogP contribution < -0.4 is 5.32 Å². The monoisotopic (exact) mass is 377 g/mol. The van der Waals surface area contributed by atoms with Crippen LogP contribution in [-0.2, 0) is 27.8 Å². The van der Waals surface area contributed by atoms with Crippen molar-refractivity contribution in [2.45, 2.75) is 19.9 Å². The van der Waals surface area contributed by atoms with E-state index in [1.165, 1.54) is 21.7 Å². The summed E-state index contributed by atoms with van der Waals surface area (Å²) < 4.78 is 25.5. The molecule has 0 atom stereocenters. The first-order valence-corrected chi connectivity index (χ1v) is 10.4. The molecule has 2 aromatic rings. The number of nitrogens with zero attached hydrogens (tertiary/aromatic N) is 2. The molecule has 0 fully saturated rings. The summed E-state index contributed by atoms with van der Waals surface area (Å²) in [6.07, 6.45) is 3.77. The topological polar surface area (TPSA) is 79.4 Å². The van der Waals surface area contributed by atoms with E-state index in [-0.39, 0.29) is 11.7 Å². The molecule has 1 aromatic heterocycles. The molecule has 1 N–H and O–H groups in total. The van der Waals surface area contributed by atoms with E-state index in [0.717, 1.165) is 16.1 Å². The lowest BCUT2D eigenvalue weighted by Crippen LogP contribution is -2.36. The van der Waals surface area contributed by atoms with Gasteiger partial charge in [0.15, 0.2) is 5.13 Å². The van der Waals surface area contributed by atoms with Crippen LogP contribution in [0.2, 0.25) is 0 Å². The molecule has 132 valence electrons. The van der Waals surface area contributed by atoms with Gasteiger partial charge in [0.2, 0.25) is 15.9 Å². The van der Waals surface area contributed by atoms with Crippen LogP contribution in [0.5, 0.6) is 0 Å². The van der Waals surface area contributed by atoms with E-state index in [1.807, 2.05) is 30.3 Å². The lowest BCUT2D eigenvalue weighted by Gasteiger charge is -2.24. The molecule has 0 saturated heterocycles. The lowest BCUT2D eigenvalue weighted by molar-refractivity contribution is -0.111. The molecule has 1 aliphatic heterocycles. The first-order valence-electron chi connectivity index (χ1n) is 7.98. The van der Waals surface area contributed by atoms with E-state index in [4.69, 9.17) is 0 Å². The van der Waals surface area contributed by atoms with Crippen LogP contribution in [0.1, 0.15) is 23.1 Å². The Bertz CT molecular complexity index is 889. The SMILES string of the molecule is CCS(=O)(=O)N1CCc2nc(NC(=O)/C=C/c3ccccc3)sc2C1. The third kappa shape index (κ3) is 4.33. The maximum absolute atomic E-state index is 12.0. The summed E-state index contributed by atoms with van der Waals surface area (Å²) in [5.41, 5.74) is 1.81. The number of nitrogens with one attached hydrogen (secondary N) is 1. The molecule has 1 amide bonds. The van der Waals surface area contributed by atoms with Gasteiger partial charge >= 0.3 is 0 Å². The van der Waals surface area contributed by atoms with Crippen molar-refractivity contribution in [1.82, 2.24) is 9.29 Å². The second-order valence-corrected chi connectivity index (χ2v) is 8.95. The van der Waals surface area contributed by atoms with Gasteiger partial charge in [-0.05, 0) is 18.6 Å². The molecule has 0 bridgehead atoms. The fourth-order valence-electron chi connectivity index (χ4n) is 2.53. The zero-order valence-electron chi connectivity index (χ0n) is 13.8. The van der Waals surface area contributed by atoms with Crippen molar-refractivity contribution < 1.29 is 13.2 Å². The first-order chi connectivity index (χ1) is 12.0. The van der Waals surface area contributed by atoms with E-state index in [9.17, 15) is 13.2 Å². The predicted octanol–water partition coefficient (Wildman–Crippen LogP) is 2.50. The molecule has 0 spiro atoms. The van der Waals surface area contributed by atoms with Gasteiger partial charge in [-0.1, -0.05) is 30.3 Å². The van der Waals surface area contributed by atoms with Gasteiger partial charge in [0.25, 0.3) is 0 Å². The predicted molar refractivity (Wildman–Crippen MR) is 99.8 cm³/mol. The standard InChI is InChI=1S/C17H19N3O3S2/c1-2-25(22,23)20-11-10-14-15(12-20)24-17(18-14)19-16(21)9-8-13-6-4-3-5-7-13/h3-9H,2,10-12H2,1H3,(H,18,19,21)/b9-8+. The Morgan fingerprint density at radius 2 is 2.12 bits per heavy atom. The van der Waals surface area contributed by atoms with Crippen LogP contribution >= 0.6 is 11.3 Å². The summed E-state index contributed by atoms with van der Waals surface area (Å²) in [5.74, 6) is -0.164. The smallest absolute Gasteiger partial charge is 0.250 e. The highest BCUT2D eigenvalue weighted by Gasteiger charge is 2.27. The fourth-order valence-corrected chi connectivity index (χ4v) is 4.70. The third-order valence-corrected chi connectivity index (χ3v) is 6.74. The van der Waals surface area contributed by atoms with Crippen LogP contribution in [0, 0.1) is 0 Å². The molecule has 25 heavy (non-hydrogen) atoms. The summed E-state index contributed by atoms with van der Waals surface area (Å²) in [5, 5.41) is 3.25. The summed E-state index contributed by atoms with van der Waals surface area (Å²) >= 11 is 1.33. The molecule has 6 nitrogen and oxygen atoms in total. The average molecular weight is 377 g/mol. The van der Waals surface area contributed by atoms with Crippen LogP contribution in [0.25, 0.3) is 6.08 Å². The number of anilines is 1. The summed E-state index contributed by atoms with van der Waals surface area (Å²) in [6.45, 7) is 2.41. The van der Waals surface area contributed by atoms with Gasteiger partial charge in [-0.25, -0.2) is 13.4 Å². The largest absolute Gasteiger partial charge is 0.298 e. The summed E-state index contributed by atoms with van der Waals surface area (Å²) in [7, 11) is -3.20. The fraction of sp³-hybridized carbons (Fsp3) is 0.294. The van der Waals surface area contributed by atoms with Gasteiger partial charge < -0.3 is 0 Å². The molecular weight excluding hydrogens is 358 g/mol. The van der Waals surface area contributed by atoms with Gasteiger partial charge in [-0.2, -0.15) is 4.31 Å². The molecule has 0 radical (unpaired) electrons. The zero-order valence-corrected chi connectivity index (χ0v) is 15.4. The summed E-state index contributed by atoms with van der Waals surface area (Å²) in [6, 6.07) is 9.55. The minimum absolute atomic E-state index is 0.0923. The maximum atomic E-state index is 12.0. The van der Waals surface area contributed by atoms with E-state index in [1.54, 1.807) is 13.0 Å². The Kier molecular flexibility index (Phi) is 5.31. The molecule has 1 aromatic carbocycles. The Hall–Kier alpha value is -2.03. The number of thiazole rings is 1. The van der Waals surface area contributed by atoms with Gasteiger partial charge in [-0.15, -0.1) is 11.3 Å². The van der Waals surface area contributed by atoms with E-state index < -0.39 is 10.0 Å². The number of benzene rings is 1. The molecule has 2 heterocycles. The molecular formula is C17H19N3O3S2. The van der Waals surface area contributed by atoms with Crippen LogP contribution in [0.15, 0.2) is 36.4 Å². The number of carbonyl (C=O) groups excluding carboxylic acids is 1. The molecule has 1 aliphatic rings. The van der Waals surface area contributed by atoms with E-state index >= 15 is 0 Å². The highest BCUT2D eigenvalue weighted by molar-refractivity contribution is 7.89. The Morgan fingerprint density at radius 1 is 1.36 bits per heavy atom. The van der Waals surface area contributed by atoms with Crippen LogP contribution in [-0.4, -0.2) is 35.9 Å². The number of hydrogen-bond acceptors (Lipinski definition) is 5. The van der Waals surface area contributed by atoms with Gasteiger partial charge in [0, 0.05) is 30.5 Å². The molecule has 0 unspecified atom stereocenters. The average Bonchev–Trinajstić information content (AvgIpc) is 3.02. The van der Waals surface area contributed by atoms with Crippen molar-refractivity contribution in [1.29, 1.82) is 0 Å². The quantitative estimate of drug-likeness (QED) is 0.812. The number of rotatable bonds is 5. The van der Waals surface area contributed by atoms with Crippen molar-refractivity contribution in [3.8, 4) is 0 Å². The third-order valence-electron chi connectivity index (χ3n) is 3.91. The van der Waals surface area contributed by atoms with Crippen molar-refractivity contribution in [2.75, 3.05) is 17.6 Å². The molecule has 8 heteroatoms. The number of fused-ring (bicyclic) bond motifs is 1. The Morgan fingerprint density at radius 3 is 2.84 bits per heavy atom. The van der Waals surface area contributed by atoms with Crippen LogP contribution in [0.3, 0.4) is 0 Å². The van der Waals surface area contributed by atoms with Crippen LogP contribution in [0.4, 0.5) is 5.13 Å². The van der Waals surface area contributed by atoms with Crippen molar-refractivity contribution >= 4 is 38.5 Å². The normalized spacial score (nSPS) is 15.2. The van der Waals surface area contributed by atoms with E-state index in [2.05, 4.69) is 10.3 Å². The van der Waals surface area contributed by atoms with Crippen molar-refractivity contribution in [3.63, 3.8) is 0 Å². The first kappa shape index (κ1) is 17.8. The lowest BCUT2D eigenvalue weighted by atomic mass is 10.2. The summed E-state index contributed by atoms with van der Waals surface area (Å²) in [4.78, 5) is 17.3. The number of carbonyl (C=O) groups is 1. The van der Waals surface area contributed by atoms with Crippen molar-refractivity contribution in [3.05, 3.63) is 52.5 Å². The number of hydrogen-bond donors (Lipinski definition) is 1. The highest BCUT2D eigenvalue weighted by Crippen LogP contribution is 2.29. The maximum Gasteiger partial charge on any atom is 0.250 e. The Balaban J connectivity index is 1.66. The molecule has 0 saturated carbocycles.